The Balaban J connectivity index is 2.11. The van der Waals surface area contributed by atoms with Crippen LogP contribution in [0.4, 0.5) is 0 Å². The van der Waals surface area contributed by atoms with Gasteiger partial charge >= 0.3 is 200 Å². The summed E-state index contributed by atoms with van der Waals surface area (Å²) in [5.41, 5.74) is 0.817. The van der Waals surface area contributed by atoms with Crippen molar-refractivity contribution in [3.63, 3.8) is 0 Å². The third-order valence-electron chi connectivity index (χ3n) is 5.70. The predicted octanol–water partition coefficient (Wildman–Crippen LogP) is 6.50. The summed E-state index contributed by atoms with van der Waals surface area (Å²) >= 11 is 7.92. The first kappa shape index (κ1) is 22.1. The number of phenols is 1. The van der Waals surface area contributed by atoms with Crippen LogP contribution in [-0.2, 0) is 6.16 Å². The minimum absolute atomic E-state index is 0.233. The Hall–Kier alpha value is -2.13. The Labute approximate surface area is 199 Å². The van der Waals surface area contributed by atoms with Gasteiger partial charge in [-0.3, -0.25) is 0 Å². The van der Waals surface area contributed by atoms with Crippen LogP contribution in [0.25, 0.3) is 0 Å². The van der Waals surface area contributed by atoms with E-state index in [1.54, 1.807) is 13.2 Å². The average Bonchev–Trinajstić information content (AvgIpc) is 2.83. The molecule has 0 heterocycles. The molecule has 0 saturated carbocycles. The van der Waals surface area contributed by atoms with Crippen LogP contribution in [0.15, 0.2) is 108 Å². The summed E-state index contributed by atoms with van der Waals surface area (Å²) in [4.78, 5) is 0. The van der Waals surface area contributed by atoms with Crippen LogP contribution in [0, 0.1) is 0 Å². The maximum absolute atomic E-state index is 11.0. The number of methoxy groups -OCH3 is 1. The van der Waals surface area contributed by atoms with Crippen molar-refractivity contribution in [2.45, 2.75) is 6.16 Å². The maximum atomic E-state index is 11.0. The van der Waals surface area contributed by atoms with Crippen molar-refractivity contribution in [3.8, 4) is 11.5 Å². The number of halogens is 2. The van der Waals surface area contributed by atoms with Gasteiger partial charge in [-0.25, -0.2) is 0 Å². The molecule has 4 aromatic rings. The fourth-order valence-corrected chi connectivity index (χ4v) is 12.2. The average molecular weight is 558 g/mol. The molecule has 5 heteroatoms. The SMILES string of the molecule is COc1cc(Br)c(O)c(CP(Br)(c2ccccc2)(c2ccccc2)c2ccccc2)c1. The van der Waals surface area contributed by atoms with Crippen LogP contribution in [0.5, 0.6) is 11.5 Å². The monoisotopic (exact) mass is 556 g/mol. The molecule has 0 saturated heterocycles. The van der Waals surface area contributed by atoms with Crippen LogP contribution in [0.1, 0.15) is 5.56 Å². The van der Waals surface area contributed by atoms with Crippen molar-refractivity contribution in [3.05, 3.63) is 113 Å². The standard InChI is InChI=1S/C26H23Br2O2P/c1-30-21-17-20(26(29)25(27)18-21)19-31(28,22-11-5-2-6-12-22,23-13-7-3-8-14-23)24-15-9-4-10-16-24/h2-18,29H,19H2,1H3. The summed E-state index contributed by atoms with van der Waals surface area (Å²) in [6.45, 7) is 0. The topological polar surface area (TPSA) is 29.5 Å². The van der Waals surface area contributed by atoms with E-state index in [1.165, 1.54) is 15.9 Å². The van der Waals surface area contributed by atoms with E-state index >= 15 is 0 Å². The zero-order valence-corrected chi connectivity index (χ0v) is 21.1. The molecule has 0 atom stereocenters. The first-order chi connectivity index (χ1) is 15.0. The van der Waals surface area contributed by atoms with Gasteiger partial charge in [-0.05, 0) is 0 Å². The van der Waals surface area contributed by atoms with Crippen molar-refractivity contribution in [1.29, 1.82) is 0 Å². The van der Waals surface area contributed by atoms with Crippen LogP contribution >= 0.6 is 36.7 Å². The molecule has 0 aliphatic rings. The zero-order chi connectivity index (χ0) is 21.9. The van der Waals surface area contributed by atoms with Gasteiger partial charge in [0.1, 0.15) is 0 Å². The number of benzene rings is 4. The van der Waals surface area contributed by atoms with E-state index in [2.05, 4.69) is 104 Å². The molecule has 4 aromatic carbocycles. The van der Waals surface area contributed by atoms with E-state index in [0.717, 1.165) is 5.56 Å². The second-order valence-corrected chi connectivity index (χ2v) is 17.2. The molecule has 4 rings (SSSR count). The molecule has 31 heavy (non-hydrogen) atoms. The number of phenolic OH excluding ortho intramolecular Hbond substituents is 1. The Bertz CT molecular complexity index is 1080. The molecule has 0 spiro atoms. The van der Waals surface area contributed by atoms with Crippen LogP contribution in [-0.4, -0.2) is 12.2 Å². The molecule has 1 N–H and O–H groups in total. The van der Waals surface area contributed by atoms with Gasteiger partial charge in [0.15, 0.2) is 0 Å². The molecule has 0 aliphatic heterocycles. The summed E-state index contributed by atoms with van der Waals surface area (Å²) in [6.07, 6.45) is 0.589. The van der Waals surface area contributed by atoms with Gasteiger partial charge in [-0.2, -0.15) is 0 Å². The predicted molar refractivity (Wildman–Crippen MR) is 140 cm³/mol. The first-order valence-corrected chi connectivity index (χ1v) is 15.2. The zero-order valence-electron chi connectivity index (χ0n) is 17.1. The molecular formula is C26H23Br2O2P. The van der Waals surface area contributed by atoms with Gasteiger partial charge < -0.3 is 0 Å². The van der Waals surface area contributed by atoms with E-state index in [9.17, 15) is 5.11 Å². The molecule has 2 nitrogen and oxygen atoms in total. The summed E-state index contributed by atoms with van der Waals surface area (Å²) in [5.74, 6) is 0.934. The fourth-order valence-electron chi connectivity index (χ4n) is 4.12. The van der Waals surface area contributed by atoms with E-state index < -0.39 is 5.31 Å². The van der Waals surface area contributed by atoms with E-state index in [0.29, 0.717) is 16.4 Å². The van der Waals surface area contributed by atoms with Gasteiger partial charge in [0.25, 0.3) is 0 Å². The molecule has 158 valence electrons. The molecule has 0 aromatic heterocycles. The van der Waals surface area contributed by atoms with Gasteiger partial charge in [-0.1, -0.05) is 0 Å². The summed E-state index contributed by atoms with van der Waals surface area (Å²) in [5, 5.41) is 11.4. The van der Waals surface area contributed by atoms with Crippen LogP contribution in [0.3, 0.4) is 0 Å². The third-order valence-corrected chi connectivity index (χ3v) is 15.8. The summed E-state index contributed by atoms with van der Waals surface area (Å²) in [6, 6.07) is 35.3. The molecular weight excluding hydrogens is 535 g/mol. The minimum atomic E-state index is -3.20. The Morgan fingerprint density at radius 3 is 1.55 bits per heavy atom. The summed E-state index contributed by atoms with van der Waals surface area (Å²) < 4.78 is 6.13. The summed E-state index contributed by atoms with van der Waals surface area (Å²) in [7, 11) is 1.64. The number of ether oxygens (including phenoxy) is 1. The second kappa shape index (κ2) is 8.78. The fraction of sp³-hybridized carbons (Fsp3) is 0.0769. The molecule has 0 aliphatic carbocycles. The van der Waals surface area contributed by atoms with Crippen molar-refractivity contribution in [2.24, 2.45) is 0 Å². The normalized spacial score (nSPS) is 12.7. The number of hydrogen-bond acceptors (Lipinski definition) is 2. The van der Waals surface area contributed by atoms with E-state index in [1.807, 2.05) is 24.3 Å². The quantitative estimate of drug-likeness (QED) is 0.274. The molecule has 0 fully saturated rings. The van der Waals surface area contributed by atoms with Crippen molar-refractivity contribution >= 4 is 52.6 Å². The third kappa shape index (κ3) is 3.82. The van der Waals surface area contributed by atoms with Crippen LogP contribution in [0.2, 0.25) is 0 Å². The van der Waals surface area contributed by atoms with E-state index in [4.69, 9.17) is 4.74 Å². The molecule has 0 bridgehead atoms. The van der Waals surface area contributed by atoms with Crippen LogP contribution < -0.4 is 20.7 Å². The number of hydrogen-bond donors (Lipinski definition) is 1. The van der Waals surface area contributed by atoms with Gasteiger partial charge in [0.2, 0.25) is 0 Å². The molecule has 0 amide bonds. The first-order valence-electron chi connectivity index (χ1n) is 9.92. The van der Waals surface area contributed by atoms with Crippen molar-refractivity contribution in [2.75, 3.05) is 7.11 Å². The molecule has 0 unspecified atom stereocenters. The second-order valence-electron chi connectivity index (χ2n) is 7.46. The number of aromatic hydroxyl groups is 1. The van der Waals surface area contributed by atoms with Crippen molar-refractivity contribution < 1.29 is 9.84 Å². The van der Waals surface area contributed by atoms with Gasteiger partial charge in [0, 0.05) is 0 Å². The molecule has 0 radical (unpaired) electrons. The Kier molecular flexibility index (Phi) is 6.25. The Morgan fingerprint density at radius 2 is 1.16 bits per heavy atom. The van der Waals surface area contributed by atoms with Gasteiger partial charge in [-0.15, -0.1) is 0 Å². The number of rotatable bonds is 6. The van der Waals surface area contributed by atoms with Crippen molar-refractivity contribution in [1.82, 2.24) is 0 Å². The van der Waals surface area contributed by atoms with Gasteiger partial charge in [0.05, 0.1) is 0 Å². The Morgan fingerprint density at radius 1 is 0.742 bits per heavy atom. The van der Waals surface area contributed by atoms with E-state index in [-0.39, 0.29) is 5.75 Å².